The van der Waals surface area contributed by atoms with E-state index in [9.17, 15) is 0 Å². The normalized spacial score (nSPS) is 16.9. The maximum atomic E-state index is 6.77. The lowest BCUT2D eigenvalue weighted by Crippen LogP contribution is -2.43. The van der Waals surface area contributed by atoms with Crippen molar-refractivity contribution in [3.05, 3.63) is 187 Å². The summed E-state index contributed by atoms with van der Waals surface area (Å²) in [5.41, 5.74) is 9.60. The smallest absolute Gasteiger partial charge is 0.159 e. The Balaban J connectivity index is 0.981. The number of para-hydroxylation sites is 3. The number of allylic oxidation sites excluding steroid dienone is 3. The van der Waals surface area contributed by atoms with Gasteiger partial charge >= 0.3 is 0 Å². The van der Waals surface area contributed by atoms with Crippen LogP contribution in [-0.2, 0) is 0 Å². The van der Waals surface area contributed by atoms with Gasteiger partial charge in [0.05, 0.1) is 11.0 Å². The van der Waals surface area contributed by atoms with Crippen LogP contribution < -0.4 is 5.32 Å². The number of aromatic nitrogens is 1. The summed E-state index contributed by atoms with van der Waals surface area (Å²) in [5, 5.41) is 10.8. The first-order valence-electron chi connectivity index (χ1n) is 19.5. The van der Waals surface area contributed by atoms with Crippen molar-refractivity contribution in [2.75, 3.05) is 0 Å². The number of rotatable bonds is 5. The third-order valence-corrected chi connectivity index (χ3v) is 12.7. The second kappa shape index (κ2) is 12.8. The lowest BCUT2D eigenvalue weighted by Gasteiger charge is -2.28. The zero-order valence-corrected chi connectivity index (χ0v) is 31.6. The Labute approximate surface area is 332 Å². The van der Waals surface area contributed by atoms with Crippen LogP contribution in [-0.4, -0.2) is 22.4 Å². The summed E-state index contributed by atoms with van der Waals surface area (Å²) in [6.45, 7) is 0. The third kappa shape index (κ3) is 5.14. The molecule has 0 radical (unpaired) electrons. The zero-order valence-electron chi connectivity index (χ0n) is 30.8. The molecule has 12 rings (SSSR count). The Morgan fingerprint density at radius 3 is 2.21 bits per heavy atom. The zero-order chi connectivity index (χ0) is 37.5. The number of nitrogens with zero attached hydrogens (tertiary/aromatic N) is 3. The number of furan rings is 1. The van der Waals surface area contributed by atoms with Crippen LogP contribution in [0.3, 0.4) is 0 Å². The molecule has 2 atom stereocenters. The molecular formula is C51H34N4OS. The summed E-state index contributed by atoms with van der Waals surface area (Å²) in [5.74, 6) is 1.80. The van der Waals surface area contributed by atoms with Crippen molar-refractivity contribution in [1.82, 2.24) is 9.88 Å². The van der Waals surface area contributed by atoms with E-state index in [0.717, 1.165) is 56.7 Å². The van der Waals surface area contributed by atoms with Gasteiger partial charge in [-0.15, -0.1) is 11.3 Å². The molecule has 0 amide bonds. The number of fused-ring (bicyclic) bond motifs is 9. The van der Waals surface area contributed by atoms with E-state index in [0.29, 0.717) is 0 Å². The number of nitrogens with one attached hydrogen (secondary N) is 1. The number of hydrogen-bond acceptors (Lipinski definition) is 5. The lowest BCUT2D eigenvalue weighted by molar-refractivity contribution is 0.475. The summed E-state index contributed by atoms with van der Waals surface area (Å²) in [4.78, 5) is 10.3. The van der Waals surface area contributed by atoms with Crippen LogP contribution in [0.2, 0.25) is 0 Å². The van der Waals surface area contributed by atoms with Gasteiger partial charge < -0.3 is 14.3 Å². The number of thiophene rings is 1. The first kappa shape index (κ1) is 32.2. The van der Waals surface area contributed by atoms with Crippen LogP contribution in [0.1, 0.15) is 17.5 Å². The standard InChI is InChI=1S/C51H34N4OS/c1-3-13-31(14-4-1)49-52-50(32-15-5-2-6-16-32)54-51(53-49)33-25-28-44-41(29-33)39-21-11-20-38(48(39)56-44)37-19-12-24-45-47(37)40-27-26-34(30-46(40)57-45)55-42-22-9-7-17-35(42)36-18-8-10-23-43(36)55/h1-15,17-30,32,50H,16H2,(H,52,53,54). The molecule has 270 valence electrons. The Bertz CT molecular complexity index is 3320. The van der Waals surface area contributed by atoms with E-state index in [1.165, 1.54) is 53.2 Å². The van der Waals surface area contributed by atoms with Gasteiger partial charge in [0.1, 0.15) is 23.2 Å². The summed E-state index contributed by atoms with van der Waals surface area (Å²) in [6.07, 6.45) is 9.47. The molecule has 57 heavy (non-hydrogen) atoms. The van der Waals surface area contributed by atoms with Gasteiger partial charge in [0.15, 0.2) is 5.84 Å². The monoisotopic (exact) mass is 750 g/mol. The molecule has 1 N–H and O–H groups in total. The molecule has 1 aliphatic carbocycles. The highest BCUT2D eigenvalue weighted by Crippen LogP contribution is 2.44. The molecule has 10 aromatic rings. The Morgan fingerprint density at radius 2 is 1.39 bits per heavy atom. The van der Waals surface area contributed by atoms with Crippen LogP contribution in [0.5, 0.6) is 0 Å². The predicted molar refractivity (Wildman–Crippen MR) is 239 cm³/mol. The van der Waals surface area contributed by atoms with Crippen molar-refractivity contribution in [1.29, 1.82) is 0 Å². The van der Waals surface area contributed by atoms with Gasteiger partial charge in [-0.1, -0.05) is 127 Å². The van der Waals surface area contributed by atoms with Crippen LogP contribution in [0.15, 0.2) is 190 Å². The molecule has 0 spiro atoms. The fourth-order valence-electron chi connectivity index (χ4n) is 8.92. The molecule has 5 nitrogen and oxygen atoms in total. The van der Waals surface area contributed by atoms with Gasteiger partial charge in [-0.25, -0.2) is 9.98 Å². The quantitative estimate of drug-likeness (QED) is 0.190. The van der Waals surface area contributed by atoms with Crippen molar-refractivity contribution in [2.45, 2.75) is 12.6 Å². The molecule has 7 aromatic carbocycles. The maximum Gasteiger partial charge on any atom is 0.159 e. The van der Waals surface area contributed by atoms with Gasteiger partial charge in [-0.2, -0.15) is 0 Å². The first-order chi connectivity index (χ1) is 28.2. The molecule has 2 unspecified atom stereocenters. The van der Waals surface area contributed by atoms with E-state index in [1.807, 2.05) is 29.5 Å². The average molecular weight is 751 g/mol. The molecule has 6 heteroatoms. The topological polar surface area (TPSA) is 54.8 Å². The molecule has 2 aliphatic rings. The second-order valence-corrected chi connectivity index (χ2v) is 16.0. The summed E-state index contributed by atoms with van der Waals surface area (Å²) < 4.78 is 11.7. The third-order valence-electron chi connectivity index (χ3n) is 11.6. The van der Waals surface area contributed by atoms with Gasteiger partial charge in [0.25, 0.3) is 0 Å². The number of benzene rings is 7. The number of hydrogen-bond donors (Lipinski definition) is 1. The Kier molecular flexibility index (Phi) is 7.22. The molecule has 0 fully saturated rings. The minimum Gasteiger partial charge on any atom is -0.455 e. The van der Waals surface area contributed by atoms with E-state index >= 15 is 0 Å². The van der Waals surface area contributed by atoms with Crippen molar-refractivity contribution >= 4 is 86.9 Å². The Morgan fingerprint density at radius 1 is 0.614 bits per heavy atom. The largest absolute Gasteiger partial charge is 0.455 e. The van der Waals surface area contributed by atoms with Gasteiger partial charge in [0.2, 0.25) is 0 Å². The Hall–Kier alpha value is -7.02. The predicted octanol–water partition coefficient (Wildman–Crippen LogP) is 13.0. The van der Waals surface area contributed by atoms with Crippen LogP contribution in [0, 0.1) is 5.92 Å². The highest BCUT2D eigenvalue weighted by atomic mass is 32.1. The SMILES string of the molecule is C1=CCC(C2N=C(c3ccc4oc5c(-c6cccc7sc8cc(-n9c%10ccccc%10c%10ccccc%109)ccc8c67)cccc5c4c3)N=C(c3ccccc3)N2)C=C1. The number of aliphatic imine (C=N–C) groups is 2. The first-order valence-corrected chi connectivity index (χ1v) is 20.3. The molecule has 0 bridgehead atoms. The average Bonchev–Trinajstić information content (AvgIpc) is 3.96. The molecule has 0 saturated heterocycles. The fourth-order valence-corrected chi connectivity index (χ4v) is 10.1. The van der Waals surface area contributed by atoms with Crippen molar-refractivity contribution in [2.24, 2.45) is 15.9 Å². The van der Waals surface area contributed by atoms with E-state index < -0.39 is 0 Å². The van der Waals surface area contributed by atoms with E-state index in [1.54, 1.807) is 0 Å². The van der Waals surface area contributed by atoms with E-state index in [4.69, 9.17) is 14.4 Å². The van der Waals surface area contributed by atoms with Gasteiger partial charge in [0, 0.05) is 70.0 Å². The summed E-state index contributed by atoms with van der Waals surface area (Å²) in [7, 11) is 0. The van der Waals surface area contributed by atoms with Crippen molar-refractivity contribution in [3.8, 4) is 16.8 Å². The van der Waals surface area contributed by atoms with Crippen LogP contribution in [0.25, 0.3) is 80.7 Å². The minimum atomic E-state index is -0.128. The van der Waals surface area contributed by atoms with Crippen molar-refractivity contribution < 1.29 is 4.42 Å². The van der Waals surface area contributed by atoms with Crippen LogP contribution in [0.4, 0.5) is 0 Å². The molecule has 0 saturated carbocycles. The van der Waals surface area contributed by atoms with Gasteiger partial charge in [-0.3, -0.25) is 0 Å². The lowest BCUT2D eigenvalue weighted by atomic mass is 9.96. The highest BCUT2D eigenvalue weighted by Gasteiger charge is 2.26. The van der Waals surface area contributed by atoms with Crippen LogP contribution >= 0.6 is 11.3 Å². The molecule has 3 aromatic heterocycles. The summed E-state index contributed by atoms with van der Waals surface area (Å²) >= 11 is 1.85. The van der Waals surface area contributed by atoms with Crippen molar-refractivity contribution in [3.63, 3.8) is 0 Å². The van der Waals surface area contributed by atoms with Gasteiger partial charge in [-0.05, 0) is 60.5 Å². The second-order valence-electron chi connectivity index (χ2n) is 14.9. The molecular weight excluding hydrogens is 717 g/mol. The number of amidine groups is 2. The minimum absolute atomic E-state index is 0.128. The van der Waals surface area contributed by atoms with E-state index in [-0.39, 0.29) is 12.1 Å². The highest BCUT2D eigenvalue weighted by molar-refractivity contribution is 7.26. The fraction of sp³-hybridized carbons (Fsp3) is 0.0588. The summed E-state index contributed by atoms with van der Waals surface area (Å²) in [6, 6.07) is 54.2. The maximum absolute atomic E-state index is 6.77. The molecule has 4 heterocycles. The van der Waals surface area contributed by atoms with E-state index in [2.05, 4.69) is 168 Å². The molecule has 1 aliphatic heterocycles.